The van der Waals surface area contributed by atoms with Gasteiger partial charge in [0.1, 0.15) is 5.82 Å². The highest BCUT2D eigenvalue weighted by Gasteiger charge is 2.18. The first kappa shape index (κ1) is 15.0. The topological polar surface area (TPSA) is 33.2 Å². The van der Waals surface area contributed by atoms with Crippen LogP contribution < -0.4 is 4.90 Å². The highest BCUT2D eigenvalue weighted by Crippen LogP contribution is 2.18. The van der Waals surface area contributed by atoms with E-state index in [9.17, 15) is 4.79 Å². The molecule has 0 saturated heterocycles. The first-order valence-electron chi connectivity index (χ1n) is 7.57. The monoisotopic (exact) mass is 302 g/mol. The smallest absolute Gasteiger partial charge is 0.259 e. The molecule has 114 valence electrons. The quantitative estimate of drug-likeness (QED) is 0.722. The summed E-state index contributed by atoms with van der Waals surface area (Å²) in [6, 6.07) is 23.2. The minimum atomic E-state index is -0.0486. The van der Waals surface area contributed by atoms with E-state index in [4.69, 9.17) is 0 Å². The molecule has 0 aliphatic rings. The number of carbonyl (C=O) groups is 1. The van der Waals surface area contributed by atoms with E-state index in [1.165, 1.54) is 0 Å². The van der Waals surface area contributed by atoms with Crippen LogP contribution in [0.4, 0.5) is 5.82 Å². The number of benzene rings is 2. The Morgan fingerprint density at radius 3 is 2.26 bits per heavy atom. The van der Waals surface area contributed by atoms with Crippen LogP contribution in [0.1, 0.15) is 21.5 Å². The molecule has 1 aromatic heterocycles. The van der Waals surface area contributed by atoms with Gasteiger partial charge in [-0.3, -0.25) is 9.69 Å². The molecule has 3 nitrogen and oxygen atoms in total. The Kier molecular flexibility index (Phi) is 4.48. The van der Waals surface area contributed by atoms with Gasteiger partial charge in [-0.1, -0.05) is 54.1 Å². The molecule has 0 radical (unpaired) electrons. The second-order valence-corrected chi connectivity index (χ2v) is 5.43. The average Bonchev–Trinajstić information content (AvgIpc) is 2.61. The zero-order chi connectivity index (χ0) is 16.1. The number of nitrogens with zero attached hydrogens (tertiary/aromatic N) is 2. The van der Waals surface area contributed by atoms with Crippen LogP contribution in [0.3, 0.4) is 0 Å². The number of aryl methyl sites for hydroxylation is 1. The summed E-state index contributed by atoms with van der Waals surface area (Å²) in [4.78, 5) is 19.0. The minimum absolute atomic E-state index is 0.0486. The summed E-state index contributed by atoms with van der Waals surface area (Å²) in [6.07, 6.45) is 1.70. The predicted molar refractivity (Wildman–Crippen MR) is 92.4 cm³/mol. The Morgan fingerprint density at radius 1 is 0.913 bits per heavy atom. The number of hydrogen-bond donors (Lipinski definition) is 0. The molecule has 3 heteroatoms. The number of aromatic nitrogens is 1. The fourth-order valence-electron chi connectivity index (χ4n) is 2.39. The average molecular weight is 302 g/mol. The summed E-state index contributed by atoms with van der Waals surface area (Å²) < 4.78 is 0. The van der Waals surface area contributed by atoms with Crippen molar-refractivity contribution in [2.75, 3.05) is 4.90 Å². The van der Waals surface area contributed by atoms with Gasteiger partial charge < -0.3 is 0 Å². The van der Waals surface area contributed by atoms with Crippen LogP contribution in [0.25, 0.3) is 0 Å². The van der Waals surface area contributed by atoms with E-state index < -0.39 is 0 Å². The highest BCUT2D eigenvalue weighted by molar-refractivity contribution is 6.05. The third-order valence-electron chi connectivity index (χ3n) is 3.65. The first-order valence-corrected chi connectivity index (χ1v) is 7.57. The van der Waals surface area contributed by atoms with E-state index in [1.54, 1.807) is 11.1 Å². The third kappa shape index (κ3) is 3.64. The maximum Gasteiger partial charge on any atom is 0.259 e. The highest BCUT2D eigenvalue weighted by atomic mass is 16.2. The molecule has 0 unspecified atom stereocenters. The molecule has 1 amide bonds. The molecule has 0 spiro atoms. The lowest BCUT2D eigenvalue weighted by molar-refractivity contribution is 0.0984. The van der Waals surface area contributed by atoms with Crippen LogP contribution in [-0.2, 0) is 6.54 Å². The van der Waals surface area contributed by atoms with Gasteiger partial charge in [-0.2, -0.15) is 0 Å². The fourth-order valence-corrected chi connectivity index (χ4v) is 2.39. The van der Waals surface area contributed by atoms with Crippen molar-refractivity contribution in [1.82, 2.24) is 4.98 Å². The molecule has 0 atom stereocenters. The number of amides is 1. The van der Waals surface area contributed by atoms with E-state index in [0.717, 1.165) is 11.1 Å². The standard InChI is InChI=1S/C20H18N2O/c1-16-10-12-18(13-11-16)20(23)22(19-9-5-6-14-21-19)15-17-7-3-2-4-8-17/h2-14H,15H2,1H3. The normalized spacial score (nSPS) is 10.3. The molecule has 0 N–H and O–H groups in total. The van der Waals surface area contributed by atoms with Crippen LogP contribution in [0.15, 0.2) is 79.0 Å². The van der Waals surface area contributed by atoms with Crippen LogP contribution in [0.2, 0.25) is 0 Å². The van der Waals surface area contributed by atoms with Crippen molar-refractivity contribution in [3.05, 3.63) is 95.7 Å². The summed E-state index contributed by atoms with van der Waals surface area (Å²) in [5.41, 5.74) is 2.87. The van der Waals surface area contributed by atoms with Crippen LogP contribution in [-0.4, -0.2) is 10.9 Å². The van der Waals surface area contributed by atoms with Crippen LogP contribution in [0.5, 0.6) is 0 Å². The Hall–Kier alpha value is -2.94. The van der Waals surface area contributed by atoms with Gasteiger partial charge in [0.25, 0.3) is 5.91 Å². The van der Waals surface area contributed by atoms with Crippen molar-refractivity contribution in [2.24, 2.45) is 0 Å². The lowest BCUT2D eigenvalue weighted by Gasteiger charge is -2.22. The zero-order valence-corrected chi connectivity index (χ0v) is 13.0. The third-order valence-corrected chi connectivity index (χ3v) is 3.65. The van der Waals surface area contributed by atoms with Gasteiger partial charge in [-0.05, 0) is 36.8 Å². The number of anilines is 1. The molecule has 0 bridgehead atoms. The van der Waals surface area contributed by atoms with Crippen molar-refractivity contribution in [3.8, 4) is 0 Å². The van der Waals surface area contributed by atoms with Gasteiger partial charge in [0, 0.05) is 11.8 Å². The van der Waals surface area contributed by atoms with Gasteiger partial charge in [0.05, 0.1) is 6.54 Å². The van der Waals surface area contributed by atoms with Crippen molar-refractivity contribution in [1.29, 1.82) is 0 Å². The number of rotatable bonds is 4. The summed E-state index contributed by atoms with van der Waals surface area (Å²) in [6.45, 7) is 2.50. The molecular weight excluding hydrogens is 284 g/mol. The van der Waals surface area contributed by atoms with Crippen LogP contribution in [0, 0.1) is 6.92 Å². The van der Waals surface area contributed by atoms with E-state index in [1.807, 2.05) is 79.7 Å². The largest absolute Gasteiger partial charge is 0.288 e. The van der Waals surface area contributed by atoms with Crippen molar-refractivity contribution >= 4 is 11.7 Å². The van der Waals surface area contributed by atoms with E-state index in [-0.39, 0.29) is 5.91 Å². The maximum atomic E-state index is 12.9. The number of hydrogen-bond acceptors (Lipinski definition) is 2. The Morgan fingerprint density at radius 2 is 1.61 bits per heavy atom. The fraction of sp³-hybridized carbons (Fsp3) is 0.100. The van der Waals surface area contributed by atoms with Gasteiger partial charge in [0.15, 0.2) is 0 Å². The maximum absolute atomic E-state index is 12.9. The van der Waals surface area contributed by atoms with Gasteiger partial charge in [-0.25, -0.2) is 4.98 Å². The van der Waals surface area contributed by atoms with Crippen molar-refractivity contribution in [2.45, 2.75) is 13.5 Å². The van der Waals surface area contributed by atoms with E-state index in [0.29, 0.717) is 17.9 Å². The lowest BCUT2D eigenvalue weighted by Crippen LogP contribution is -2.31. The van der Waals surface area contributed by atoms with E-state index in [2.05, 4.69) is 4.98 Å². The van der Waals surface area contributed by atoms with Gasteiger partial charge in [-0.15, -0.1) is 0 Å². The second-order valence-electron chi connectivity index (χ2n) is 5.43. The zero-order valence-electron chi connectivity index (χ0n) is 13.0. The van der Waals surface area contributed by atoms with Gasteiger partial charge >= 0.3 is 0 Å². The van der Waals surface area contributed by atoms with Crippen LogP contribution >= 0.6 is 0 Å². The van der Waals surface area contributed by atoms with E-state index >= 15 is 0 Å². The lowest BCUT2D eigenvalue weighted by atomic mass is 10.1. The molecule has 3 rings (SSSR count). The summed E-state index contributed by atoms with van der Waals surface area (Å²) >= 11 is 0. The molecule has 1 heterocycles. The summed E-state index contributed by atoms with van der Waals surface area (Å²) in [7, 11) is 0. The molecule has 0 saturated carbocycles. The molecule has 2 aromatic carbocycles. The number of pyridine rings is 1. The van der Waals surface area contributed by atoms with Crippen molar-refractivity contribution < 1.29 is 4.79 Å². The molecule has 0 aliphatic heterocycles. The first-order chi connectivity index (χ1) is 11.2. The Bertz CT molecular complexity index is 768. The predicted octanol–water partition coefficient (Wildman–Crippen LogP) is 4.24. The second kappa shape index (κ2) is 6.88. The Labute approximate surface area is 136 Å². The molecule has 0 aliphatic carbocycles. The molecule has 0 fully saturated rings. The Balaban J connectivity index is 1.94. The van der Waals surface area contributed by atoms with Crippen molar-refractivity contribution in [3.63, 3.8) is 0 Å². The molecular formula is C20H18N2O. The van der Waals surface area contributed by atoms with Gasteiger partial charge in [0.2, 0.25) is 0 Å². The molecule has 3 aromatic rings. The SMILES string of the molecule is Cc1ccc(C(=O)N(Cc2ccccc2)c2ccccn2)cc1. The minimum Gasteiger partial charge on any atom is -0.288 e. The number of carbonyl (C=O) groups excluding carboxylic acids is 1. The molecule has 23 heavy (non-hydrogen) atoms. The summed E-state index contributed by atoms with van der Waals surface area (Å²) in [5.74, 6) is 0.606. The summed E-state index contributed by atoms with van der Waals surface area (Å²) in [5, 5.41) is 0.